The van der Waals surface area contributed by atoms with Crippen LogP contribution in [0.15, 0.2) is 18.2 Å². The fourth-order valence-electron chi connectivity index (χ4n) is 4.06. The Morgan fingerprint density at radius 3 is 2.71 bits per heavy atom. The standard InChI is InChI=1S/C18H24F2N2O2/c1-21(2)10-13-11-22(12-18(13)5-7-24-8-6-18)17(23)15-9-14(19)3-4-16(15)20/h3-4,9,13H,5-8,10-12H2,1-2H3/t13-/m1/s1. The summed E-state index contributed by atoms with van der Waals surface area (Å²) in [6.07, 6.45) is 1.81. The number of ether oxygens (including phenoxy) is 1. The average molecular weight is 338 g/mol. The van der Waals surface area contributed by atoms with Gasteiger partial charge in [0.2, 0.25) is 0 Å². The Morgan fingerprint density at radius 2 is 2.04 bits per heavy atom. The number of hydrogen-bond acceptors (Lipinski definition) is 3. The molecule has 3 rings (SSSR count). The SMILES string of the molecule is CN(C)C[C@@H]1CN(C(=O)c2cc(F)ccc2F)CC12CCOCC2. The van der Waals surface area contributed by atoms with Gasteiger partial charge in [-0.25, -0.2) is 8.78 Å². The number of likely N-dealkylation sites (tertiary alicyclic amines) is 1. The van der Waals surface area contributed by atoms with Crippen molar-refractivity contribution in [1.29, 1.82) is 0 Å². The number of benzene rings is 1. The summed E-state index contributed by atoms with van der Waals surface area (Å²) in [6.45, 7) is 3.42. The predicted molar refractivity (Wildman–Crippen MR) is 86.8 cm³/mol. The lowest BCUT2D eigenvalue weighted by Crippen LogP contribution is -2.40. The van der Waals surface area contributed by atoms with Crippen LogP contribution in [0, 0.1) is 23.0 Å². The van der Waals surface area contributed by atoms with E-state index in [1.165, 1.54) is 0 Å². The first-order chi connectivity index (χ1) is 11.4. The van der Waals surface area contributed by atoms with Crippen LogP contribution in [0.1, 0.15) is 23.2 Å². The highest BCUT2D eigenvalue weighted by Gasteiger charge is 2.48. The Labute approximate surface area is 141 Å². The molecule has 0 aliphatic carbocycles. The van der Waals surface area contributed by atoms with Crippen molar-refractivity contribution in [3.63, 3.8) is 0 Å². The van der Waals surface area contributed by atoms with Gasteiger partial charge < -0.3 is 14.5 Å². The van der Waals surface area contributed by atoms with E-state index in [1.807, 2.05) is 14.1 Å². The minimum Gasteiger partial charge on any atom is -0.381 e. The molecule has 6 heteroatoms. The first kappa shape index (κ1) is 17.3. The number of rotatable bonds is 3. The molecule has 2 aliphatic heterocycles. The molecular formula is C18H24F2N2O2. The normalized spacial score (nSPS) is 23.2. The molecule has 2 saturated heterocycles. The summed E-state index contributed by atoms with van der Waals surface area (Å²) < 4.78 is 32.9. The number of carbonyl (C=O) groups excluding carboxylic acids is 1. The largest absolute Gasteiger partial charge is 0.381 e. The van der Waals surface area contributed by atoms with E-state index in [-0.39, 0.29) is 11.0 Å². The second kappa shape index (κ2) is 6.76. The molecule has 1 amide bonds. The second-order valence-corrected chi connectivity index (χ2v) is 7.24. The number of nitrogens with zero attached hydrogens (tertiary/aromatic N) is 2. The Hall–Kier alpha value is -1.53. The third kappa shape index (κ3) is 3.30. The van der Waals surface area contributed by atoms with Crippen LogP contribution < -0.4 is 0 Å². The highest BCUT2D eigenvalue weighted by atomic mass is 19.1. The summed E-state index contributed by atoms with van der Waals surface area (Å²) in [5.74, 6) is -1.36. The van der Waals surface area contributed by atoms with E-state index in [4.69, 9.17) is 4.74 Å². The average Bonchev–Trinajstić information content (AvgIpc) is 2.87. The number of hydrogen-bond donors (Lipinski definition) is 0. The van der Waals surface area contributed by atoms with Crippen molar-refractivity contribution in [1.82, 2.24) is 9.80 Å². The Morgan fingerprint density at radius 1 is 1.33 bits per heavy atom. The zero-order chi connectivity index (χ0) is 17.3. The molecule has 1 aromatic carbocycles. The van der Waals surface area contributed by atoms with Crippen molar-refractivity contribution < 1.29 is 18.3 Å². The molecule has 1 spiro atoms. The summed E-state index contributed by atoms with van der Waals surface area (Å²) in [4.78, 5) is 16.6. The van der Waals surface area contributed by atoms with Gasteiger partial charge in [-0.2, -0.15) is 0 Å². The molecule has 24 heavy (non-hydrogen) atoms. The van der Waals surface area contributed by atoms with Crippen LogP contribution in [0.5, 0.6) is 0 Å². The zero-order valence-electron chi connectivity index (χ0n) is 14.2. The maximum atomic E-state index is 14.0. The quantitative estimate of drug-likeness (QED) is 0.848. The number of carbonyl (C=O) groups is 1. The molecule has 2 fully saturated rings. The van der Waals surface area contributed by atoms with Crippen LogP contribution in [0.4, 0.5) is 8.78 Å². The Kier molecular flexibility index (Phi) is 4.88. The summed E-state index contributed by atoms with van der Waals surface area (Å²) in [6, 6.07) is 3.04. The van der Waals surface area contributed by atoms with Gasteiger partial charge in [-0.05, 0) is 56.5 Å². The summed E-state index contributed by atoms with van der Waals surface area (Å²) >= 11 is 0. The lowest BCUT2D eigenvalue weighted by Gasteiger charge is -2.38. The molecule has 1 atom stereocenters. The molecule has 0 radical (unpaired) electrons. The van der Waals surface area contributed by atoms with Crippen molar-refractivity contribution in [3.8, 4) is 0 Å². The molecule has 4 nitrogen and oxygen atoms in total. The van der Waals surface area contributed by atoms with Crippen LogP contribution in [-0.2, 0) is 4.74 Å². The van der Waals surface area contributed by atoms with E-state index in [0.29, 0.717) is 32.2 Å². The van der Waals surface area contributed by atoms with Gasteiger partial charge in [0.05, 0.1) is 5.56 Å². The second-order valence-electron chi connectivity index (χ2n) is 7.24. The lowest BCUT2D eigenvalue weighted by molar-refractivity contribution is -0.00453. The van der Waals surface area contributed by atoms with E-state index in [9.17, 15) is 13.6 Å². The monoisotopic (exact) mass is 338 g/mol. The summed E-state index contributed by atoms with van der Waals surface area (Å²) in [5.41, 5.74) is -0.162. The zero-order valence-corrected chi connectivity index (χ0v) is 14.2. The van der Waals surface area contributed by atoms with Gasteiger partial charge in [-0.15, -0.1) is 0 Å². The number of halogens is 2. The minimum absolute atomic E-state index is 0.0159. The molecule has 0 saturated carbocycles. The van der Waals surface area contributed by atoms with Gasteiger partial charge in [-0.1, -0.05) is 0 Å². The van der Waals surface area contributed by atoms with Gasteiger partial charge in [0.15, 0.2) is 0 Å². The minimum atomic E-state index is -0.668. The Bertz CT molecular complexity index is 615. The van der Waals surface area contributed by atoms with Gasteiger partial charge in [0, 0.05) is 32.8 Å². The van der Waals surface area contributed by atoms with Gasteiger partial charge in [0.1, 0.15) is 11.6 Å². The molecule has 0 bridgehead atoms. The van der Waals surface area contributed by atoms with Crippen LogP contribution in [0.3, 0.4) is 0 Å². The van der Waals surface area contributed by atoms with Gasteiger partial charge in [-0.3, -0.25) is 4.79 Å². The Balaban J connectivity index is 1.84. The van der Waals surface area contributed by atoms with Crippen LogP contribution in [-0.4, -0.2) is 62.7 Å². The third-order valence-electron chi connectivity index (χ3n) is 5.33. The molecular weight excluding hydrogens is 314 g/mol. The fourth-order valence-corrected chi connectivity index (χ4v) is 4.06. The first-order valence-electron chi connectivity index (χ1n) is 8.38. The van der Waals surface area contributed by atoms with E-state index < -0.39 is 17.5 Å². The van der Waals surface area contributed by atoms with Gasteiger partial charge >= 0.3 is 0 Å². The predicted octanol–water partition coefficient (Wildman–Crippen LogP) is 2.40. The van der Waals surface area contributed by atoms with Crippen molar-refractivity contribution in [2.75, 3.05) is 46.9 Å². The van der Waals surface area contributed by atoms with Crippen LogP contribution in [0.2, 0.25) is 0 Å². The molecule has 132 valence electrons. The van der Waals surface area contributed by atoms with E-state index in [1.54, 1.807) is 4.90 Å². The number of amides is 1. The molecule has 2 heterocycles. The third-order valence-corrected chi connectivity index (χ3v) is 5.33. The van der Waals surface area contributed by atoms with Crippen molar-refractivity contribution in [3.05, 3.63) is 35.4 Å². The summed E-state index contributed by atoms with van der Waals surface area (Å²) in [7, 11) is 4.04. The van der Waals surface area contributed by atoms with Crippen LogP contribution in [0.25, 0.3) is 0 Å². The van der Waals surface area contributed by atoms with Crippen molar-refractivity contribution in [2.24, 2.45) is 11.3 Å². The first-order valence-corrected chi connectivity index (χ1v) is 8.38. The van der Waals surface area contributed by atoms with Crippen LogP contribution >= 0.6 is 0 Å². The lowest BCUT2D eigenvalue weighted by atomic mass is 9.72. The smallest absolute Gasteiger partial charge is 0.256 e. The fraction of sp³-hybridized carbons (Fsp3) is 0.611. The highest BCUT2D eigenvalue weighted by Crippen LogP contribution is 2.44. The summed E-state index contributed by atoms with van der Waals surface area (Å²) in [5, 5.41) is 0. The van der Waals surface area contributed by atoms with E-state index in [2.05, 4.69) is 4.90 Å². The molecule has 0 N–H and O–H groups in total. The molecule has 0 unspecified atom stereocenters. The molecule has 2 aliphatic rings. The van der Waals surface area contributed by atoms with Crippen molar-refractivity contribution in [2.45, 2.75) is 12.8 Å². The van der Waals surface area contributed by atoms with Gasteiger partial charge in [0.25, 0.3) is 5.91 Å². The highest BCUT2D eigenvalue weighted by molar-refractivity contribution is 5.94. The van der Waals surface area contributed by atoms with E-state index >= 15 is 0 Å². The maximum Gasteiger partial charge on any atom is 0.256 e. The maximum absolute atomic E-state index is 14.0. The topological polar surface area (TPSA) is 32.8 Å². The molecule has 1 aromatic rings. The van der Waals surface area contributed by atoms with Crippen molar-refractivity contribution >= 4 is 5.91 Å². The van der Waals surface area contributed by atoms with E-state index in [0.717, 1.165) is 37.6 Å². The molecule has 0 aromatic heterocycles.